The molecule has 0 saturated carbocycles. The highest BCUT2D eigenvalue weighted by atomic mass is 35.5. The van der Waals surface area contributed by atoms with Crippen LogP contribution in [0, 0.1) is 0 Å². The first-order valence-electron chi connectivity index (χ1n) is 6.11. The molecule has 0 radical (unpaired) electrons. The SMILES string of the molecule is ClCCOCn1c2ccccc2c2cc(Cl)ccc21. The van der Waals surface area contributed by atoms with E-state index in [-0.39, 0.29) is 0 Å². The molecular formula is C15H13Cl2NO. The first-order chi connectivity index (χ1) is 9.31. The number of fused-ring (bicyclic) bond motifs is 3. The van der Waals surface area contributed by atoms with Gasteiger partial charge in [0.15, 0.2) is 0 Å². The van der Waals surface area contributed by atoms with Crippen LogP contribution in [0.15, 0.2) is 42.5 Å². The Morgan fingerprint density at radius 2 is 1.79 bits per heavy atom. The number of rotatable bonds is 4. The van der Waals surface area contributed by atoms with Gasteiger partial charge >= 0.3 is 0 Å². The molecule has 19 heavy (non-hydrogen) atoms. The molecular weight excluding hydrogens is 281 g/mol. The van der Waals surface area contributed by atoms with Gasteiger partial charge in [-0.25, -0.2) is 0 Å². The van der Waals surface area contributed by atoms with Gasteiger partial charge in [-0.2, -0.15) is 0 Å². The smallest absolute Gasteiger partial charge is 0.123 e. The minimum absolute atomic E-state index is 0.498. The third-order valence-corrected chi connectivity index (χ3v) is 3.57. The standard InChI is InChI=1S/C15H13Cl2NO/c16-7-8-19-10-18-14-4-2-1-3-12(14)13-9-11(17)5-6-15(13)18/h1-6,9H,7-8,10H2. The Labute approximate surface area is 121 Å². The van der Waals surface area contributed by atoms with Gasteiger partial charge in [0, 0.05) is 21.7 Å². The number of alkyl halides is 1. The summed E-state index contributed by atoms with van der Waals surface area (Å²) in [6, 6.07) is 14.2. The number of hydrogen-bond donors (Lipinski definition) is 0. The molecule has 0 aliphatic heterocycles. The summed E-state index contributed by atoms with van der Waals surface area (Å²) in [6.07, 6.45) is 0. The highest BCUT2D eigenvalue weighted by molar-refractivity contribution is 6.31. The Morgan fingerprint density at radius 3 is 2.63 bits per heavy atom. The zero-order chi connectivity index (χ0) is 13.2. The fourth-order valence-corrected chi connectivity index (χ4v) is 2.66. The maximum absolute atomic E-state index is 6.10. The van der Waals surface area contributed by atoms with Gasteiger partial charge in [0.25, 0.3) is 0 Å². The van der Waals surface area contributed by atoms with Gasteiger partial charge in [0.2, 0.25) is 0 Å². The van der Waals surface area contributed by atoms with Crippen molar-refractivity contribution in [2.75, 3.05) is 12.5 Å². The molecule has 0 atom stereocenters. The second-order valence-electron chi connectivity index (χ2n) is 4.33. The number of halogens is 2. The average molecular weight is 294 g/mol. The van der Waals surface area contributed by atoms with Crippen molar-refractivity contribution in [2.45, 2.75) is 6.73 Å². The number of benzene rings is 2. The maximum Gasteiger partial charge on any atom is 0.123 e. The normalized spacial score (nSPS) is 11.5. The van der Waals surface area contributed by atoms with Gasteiger partial charge < -0.3 is 9.30 Å². The highest BCUT2D eigenvalue weighted by Gasteiger charge is 2.10. The fraction of sp³-hybridized carbons (Fsp3) is 0.200. The van der Waals surface area contributed by atoms with E-state index in [1.807, 2.05) is 30.3 Å². The van der Waals surface area contributed by atoms with E-state index in [0.717, 1.165) is 21.4 Å². The van der Waals surface area contributed by atoms with E-state index in [1.54, 1.807) is 0 Å². The molecule has 0 aliphatic rings. The van der Waals surface area contributed by atoms with Crippen LogP contribution in [0.4, 0.5) is 0 Å². The second kappa shape index (κ2) is 5.41. The van der Waals surface area contributed by atoms with Crippen molar-refractivity contribution in [3.8, 4) is 0 Å². The van der Waals surface area contributed by atoms with E-state index in [0.29, 0.717) is 19.2 Å². The molecule has 4 heteroatoms. The Bertz CT molecular complexity index is 721. The summed E-state index contributed by atoms with van der Waals surface area (Å²) in [5.74, 6) is 0.503. The quantitative estimate of drug-likeness (QED) is 0.504. The van der Waals surface area contributed by atoms with Crippen LogP contribution in [-0.2, 0) is 11.5 Å². The number of para-hydroxylation sites is 1. The predicted molar refractivity (Wildman–Crippen MR) is 81.1 cm³/mol. The Kier molecular flexibility index (Phi) is 3.65. The lowest BCUT2D eigenvalue weighted by Gasteiger charge is -2.07. The van der Waals surface area contributed by atoms with E-state index in [2.05, 4.69) is 16.7 Å². The molecule has 1 aromatic heterocycles. The lowest BCUT2D eigenvalue weighted by molar-refractivity contribution is 0.0951. The molecule has 2 nitrogen and oxygen atoms in total. The molecule has 2 aromatic carbocycles. The summed E-state index contributed by atoms with van der Waals surface area (Å²) in [7, 11) is 0. The molecule has 0 bridgehead atoms. The van der Waals surface area contributed by atoms with Crippen LogP contribution >= 0.6 is 23.2 Å². The van der Waals surface area contributed by atoms with Crippen LogP contribution in [0.25, 0.3) is 21.8 Å². The van der Waals surface area contributed by atoms with Crippen LogP contribution in [-0.4, -0.2) is 17.1 Å². The van der Waals surface area contributed by atoms with Crippen LogP contribution in [0.3, 0.4) is 0 Å². The first-order valence-corrected chi connectivity index (χ1v) is 7.02. The Morgan fingerprint density at radius 1 is 1.00 bits per heavy atom. The fourth-order valence-electron chi connectivity index (χ4n) is 2.38. The van der Waals surface area contributed by atoms with Crippen molar-refractivity contribution in [3.63, 3.8) is 0 Å². The zero-order valence-electron chi connectivity index (χ0n) is 10.3. The minimum atomic E-state index is 0.498. The first kappa shape index (κ1) is 12.8. The van der Waals surface area contributed by atoms with Crippen molar-refractivity contribution in [1.29, 1.82) is 0 Å². The molecule has 0 N–H and O–H groups in total. The second-order valence-corrected chi connectivity index (χ2v) is 5.15. The lowest BCUT2D eigenvalue weighted by atomic mass is 10.2. The topological polar surface area (TPSA) is 14.2 Å². The van der Waals surface area contributed by atoms with Crippen molar-refractivity contribution >= 4 is 45.0 Å². The molecule has 0 saturated heterocycles. The van der Waals surface area contributed by atoms with E-state index in [9.17, 15) is 0 Å². The van der Waals surface area contributed by atoms with Crippen molar-refractivity contribution in [3.05, 3.63) is 47.5 Å². The van der Waals surface area contributed by atoms with E-state index in [1.165, 1.54) is 5.39 Å². The van der Waals surface area contributed by atoms with E-state index >= 15 is 0 Å². The molecule has 0 aliphatic carbocycles. The Balaban J connectivity index is 2.21. The molecule has 3 aromatic rings. The molecule has 3 rings (SSSR count). The van der Waals surface area contributed by atoms with Crippen LogP contribution in [0.1, 0.15) is 0 Å². The average Bonchev–Trinajstić information content (AvgIpc) is 2.73. The molecule has 0 spiro atoms. The molecule has 0 amide bonds. The highest BCUT2D eigenvalue weighted by Crippen LogP contribution is 2.30. The predicted octanol–water partition coefficient (Wildman–Crippen LogP) is 4.66. The van der Waals surface area contributed by atoms with Crippen LogP contribution in [0.5, 0.6) is 0 Å². The number of hydrogen-bond acceptors (Lipinski definition) is 1. The molecule has 1 heterocycles. The van der Waals surface area contributed by atoms with Gasteiger partial charge in [-0.05, 0) is 24.3 Å². The van der Waals surface area contributed by atoms with Gasteiger partial charge in [-0.3, -0.25) is 0 Å². The Hall–Kier alpha value is -1.22. The summed E-state index contributed by atoms with van der Waals surface area (Å²) in [5, 5.41) is 3.09. The summed E-state index contributed by atoms with van der Waals surface area (Å²) >= 11 is 11.7. The molecule has 0 fully saturated rings. The van der Waals surface area contributed by atoms with Crippen molar-refractivity contribution in [1.82, 2.24) is 4.57 Å². The van der Waals surface area contributed by atoms with E-state index in [4.69, 9.17) is 27.9 Å². The number of ether oxygens (including phenoxy) is 1. The number of nitrogens with zero attached hydrogens (tertiary/aromatic N) is 1. The number of aromatic nitrogens is 1. The summed E-state index contributed by atoms with van der Waals surface area (Å²) in [6.45, 7) is 1.04. The van der Waals surface area contributed by atoms with Gasteiger partial charge in [0.1, 0.15) is 6.73 Å². The largest absolute Gasteiger partial charge is 0.360 e. The molecule has 98 valence electrons. The van der Waals surface area contributed by atoms with Crippen LogP contribution in [0.2, 0.25) is 5.02 Å². The van der Waals surface area contributed by atoms with E-state index < -0.39 is 0 Å². The third-order valence-electron chi connectivity index (χ3n) is 3.18. The third kappa shape index (κ3) is 2.32. The minimum Gasteiger partial charge on any atom is -0.360 e. The molecule has 0 unspecified atom stereocenters. The monoisotopic (exact) mass is 293 g/mol. The van der Waals surface area contributed by atoms with Crippen molar-refractivity contribution < 1.29 is 4.74 Å². The van der Waals surface area contributed by atoms with Gasteiger partial charge in [-0.15, -0.1) is 11.6 Å². The summed E-state index contributed by atoms with van der Waals surface area (Å²) in [4.78, 5) is 0. The van der Waals surface area contributed by atoms with Gasteiger partial charge in [0.05, 0.1) is 17.6 Å². The van der Waals surface area contributed by atoms with Crippen LogP contribution < -0.4 is 0 Å². The van der Waals surface area contributed by atoms with Gasteiger partial charge in [-0.1, -0.05) is 29.8 Å². The maximum atomic E-state index is 6.10. The summed E-state index contributed by atoms with van der Waals surface area (Å²) in [5.41, 5.74) is 2.27. The van der Waals surface area contributed by atoms with Crippen molar-refractivity contribution in [2.24, 2.45) is 0 Å². The zero-order valence-corrected chi connectivity index (χ0v) is 11.8. The lowest BCUT2D eigenvalue weighted by Crippen LogP contribution is -2.03. The summed E-state index contributed by atoms with van der Waals surface area (Å²) < 4.78 is 7.72.